The number of benzene rings is 2. The number of imidazole rings is 2. The van der Waals surface area contributed by atoms with Crippen molar-refractivity contribution in [2.24, 2.45) is 0 Å². The molecule has 6 aromatic rings. The molecular formula is C35H37N10O11PS. The second kappa shape index (κ2) is 16.5. The van der Waals surface area contributed by atoms with Gasteiger partial charge in [0.1, 0.15) is 65.8 Å². The van der Waals surface area contributed by atoms with Crippen LogP contribution in [0, 0.1) is 0 Å². The van der Waals surface area contributed by atoms with Crippen LogP contribution in [-0.4, -0.2) is 111 Å². The molecule has 2 aliphatic heterocycles. The molecule has 2 fully saturated rings. The smallest absolute Gasteiger partial charge is 0.389 e. The van der Waals surface area contributed by atoms with E-state index < -0.39 is 62.3 Å². The van der Waals surface area contributed by atoms with Crippen molar-refractivity contribution < 1.29 is 52.7 Å². The van der Waals surface area contributed by atoms with Crippen molar-refractivity contribution in [3.63, 3.8) is 0 Å². The number of hydrogen-bond acceptors (Lipinski definition) is 20. The van der Waals surface area contributed by atoms with Crippen LogP contribution >= 0.6 is 18.2 Å². The number of hydrogen-bond donors (Lipinski definition) is 5. The molecule has 0 saturated carbocycles. The zero-order chi connectivity index (χ0) is 40.6. The number of phenols is 1. The Morgan fingerprint density at radius 3 is 2.21 bits per heavy atom. The third-order valence-electron chi connectivity index (χ3n) is 9.57. The summed E-state index contributed by atoms with van der Waals surface area (Å²) in [6, 6.07) is 12.1. The molecule has 8 rings (SSSR count). The monoisotopic (exact) mass is 836 g/mol. The van der Waals surface area contributed by atoms with Gasteiger partial charge < -0.3 is 45.7 Å². The molecule has 0 aliphatic carbocycles. The number of esters is 1. The minimum absolute atomic E-state index is 0.0156. The number of aliphatic hydroxyl groups excluding tert-OH is 2. The van der Waals surface area contributed by atoms with Crippen molar-refractivity contribution in [1.29, 1.82) is 0 Å². The number of anilines is 2. The number of nitrogen functional groups attached to an aromatic ring is 2. The van der Waals surface area contributed by atoms with E-state index in [0.717, 1.165) is 11.4 Å². The van der Waals surface area contributed by atoms with Gasteiger partial charge >= 0.3 is 12.8 Å². The lowest BCUT2D eigenvalue weighted by atomic mass is 10.1. The number of carbonyl (C=O) groups is 1. The molecule has 0 spiro atoms. The van der Waals surface area contributed by atoms with Crippen LogP contribution < -0.4 is 16.2 Å². The number of nitrogens with two attached hydrogens (primary N) is 2. The van der Waals surface area contributed by atoms with E-state index in [1.807, 2.05) is 0 Å². The molecule has 8 atom stereocenters. The van der Waals surface area contributed by atoms with Crippen molar-refractivity contribution in [3.05, 3.63) is 85.0 Å². The average molecular weight is 837 g/mol. The number of carbonyl (C=O) groups excluding carboxylic acids is 1. The maximum Gasteiger partial charge on any atom is 0.389 e. The van der Waals surface area contributed by atoms with Crippen LogP contribution in [0.4, 0.5) is 11.6 Å². The van der Waals surface area contributed by atoms with Gasteiger partial charge in [-0.25, -0.2) is 39.3 Å². The van der Waals surface area contributed by atoms with Crippen LogP contribution in [0.15, 0.2) is 73.8 Å². The summed E-state index contributed by atoms with van der Waals surface area (Å²) in [4.78, 5) is 37.7. The Balaban J connectivity index is 1.01. The number of methoxy groups -OCH3 is 1. The van der Waals surface area contributed by atoms with Gasteiger partial charge in [-0.05, 0) is 53.3 Å². The topological polar surface area (TPSA) is 289 Å². The van der Waals surface area contributed by atoms with Crippen molar-refractivity contribution in [3.8, 4) is 11.5 Å². The van der Waals surface area contributed by atoms with Crippen LogP contribution in [0.5, 0.6) is 11.5 Å². The molecule has 23 heteroatoms. The first-order valence-corrected chi connectivity index (χ1v) is 20.8. The molecule has 21 nitrogen and oxygen atoms in total. The Kier molecular flexibility index (Phi) is 11.3. The standard InChI is InChI=1S/C35H37N10O11PS/c1-51-29-28(23(11-46)55-34(29)45-17-43-27-31(37)39-15-41-33(27)45)56-57(50,58-13-18-2-8-21(9-3-18)53-35(49)19-4-6-20(47)7-5-19)52-12-24-22(48)10-25(54-24)44-16-42-26-30(36)38-14-40-32(26)44/h2-9,14-17,22-25,28-29,34,46-48H,10-13H2,1H3,(H2,36,38,40)(H2,37,39,41)/t22?,23?,24-,25-,28?,29?,34-,57?/m1/s1. The number of nitrogens with zero attached hydrogens (tertiary/aromatic N) is 8. The fourth-order valence-corrected chi connectivity index (χ4v) is 10.0. The predicted molar refractivity (Wildman–Crippen MR) is 205 cm³/mol. The first-order chi connectivity index (χ1) is 28.0. The summed E-state index contributed by atoms with van der Waals surface area (Å²) in [6.07, 6.45) is -1.19. The molecule has 0 amide bonds. The Morgan fingerprint density at radius 1 is 0.897 bits per heavy atom. The lowest BCUT2D eigenvalue weighted by Crippen LogP contribution is -2.37. The largest absolute Gasteiger partial charge is 0.508 e. The van der Waals surface area contributed by atoms with Crippen LogP contribution in [0.3, 0.4) is 0 Å². The van der Waals surface area contributed by atoms with Crippen molar-refractivity contribution >= 4 is 58.1 Å². The van der Waals surface area contributed by atoms with Gasteiger partial charge in [-0.1, -0.05) is 12.1 Å². The fraction of sp³-hybridized carbons (Fsp3) is 0.343. The number of aliphatic hydroxyl groups is 2. The molecule has 2 aliphatic rings. The highest BCUT2D eigenvalue weighted by atomic mass is 32.7. The van der Waals surface area contributed by atoms with Crippen LogP contribution in [0.2, 0.25) is 0 Å². The number of fused-ring (bicyclic) bond motifs is 2. The van der Waals surface area contributed by atoms with Gasteiger partial charge in [0.2, 0.25) is 0 Å². The lowest BCUT2D eigenvalue weighted by molar-refractivity contribution is -0.0583. The van der Waals surface area contributed by atoms with E-state index in [9.17, 15) is 24.7 Å². The summed E-state index contributed by atoms with van der Waals surface area (Å²) in [5, 5.41) is 31.1. The van der Waals surface area contributed by atoms with Crippen molar-refractivity contribution in [2.45, 2.75) is 55.1 Å². The van der Waals surface area contributed by atoms with Gasteiger partial charge in [-0.15, -0.1) is 0 Å². The molecule has 2 aromatic carbocycles. The van der Waals surface area contributed by atoms with Gasteiger partial charge in [0.25, 0.3) is 0 Å². The van der Waals surface area contributed by atoms with Crippen LogP contribution in [0.25, 0.3) is 22.3 Å². The molecule has 7 N–H and O–H groups in total. The molecule has 5 unspecified atom stereocenters. The second-order valence-corrected chi connectivity index (χ2v) is 17.2. The van der Waals surface area contributed by atoms with E-state index in [-0.39, 0.29) is 47.5 Å². The van der Waals surface area contributed by atoms with E-state index in [1.54, 1.807) is 33.4 Å². The predicted octanol–water partition coefficient (Wildman–Crippen LogP) is 2.75. The average Bonchev–Trinajstić information content (AvgIpc) is 4.02. The van der Waals surface area contributed by atoms with Crippen molar-refractivity contribution in [1.82, 2.24) is 39.0 Å². The number of ether oxygens (including phenoxy) is 4. The van der Waals surface area contributed by atoms with Crippen molar-refractivity contribution in [2.75, 3.05) is 31.8 Å². The first kappa shape index (κ1) is 39.5. The highest BCUT2D eigenvalue weighted by Crippen LogP contribution is 2.64. The molecule has 304 valence electrons. The molecule has 4 aromatic heterocycles. The maximum absolute atomic E-state index is 14.9. The number of aromatic nitrogens is 8. The SMILES string of the molecule is COC1C(OP(=O)(OC[C@H]2O[C@@H](n3cnc4c(N)ncnc43)CC2O)SCc2ccc(OC(=O)c3ccc(O)cc3)cc2)C(CO)O[C@H]1n1cnc2c(N)ncnc21. The molecule has 0 bridgehead atoms. The Bertz CT molecular complexity index is 2460. The van der Waals surface area contributed by atoms with Gasteiger partial charge in [-0.2, -0.15) is 0 Å². The summed E-state index contributed by atoms with van der Waals surface area (Å²) >= 11 is 0.844. The molecule has 2 saturated heterocycles. The van der Waals surface area contributed by atoms with Gasteiger partial charge in [-0.3, -0.25) is 18.2 Å². The number of phenolic OH excluding ortho intramolecular Hbond substituents is 1. The van der Waals surface area contributed by atoms with Crippen LogP contribution in [0.1, 0.15) is 34.8 Å². The van der Waals surface area contributed by atoms with E-state index in [4.69, 9.17) is 39.5 Å². The maximum atomic E-state index is 14.9. The molecule has 0 radical (unpaired) electrons. The zero-order valence-corrected chi connectivity index (χ0v) is 32.2. The zero-order valence-electron chi connectivity index (χ0n) is 30.5. The third-order valence-corrected chi connectivity index (χ3v) is 13.2. The minimum atomic E-state index is -4.26. The van der Waals surface area contributed by atoms with E-state index in [1.165, 1.54) is 56.7 Å². The Labute approximate surface area is 332 Å². The Hall–Kier alpha value is -5.29. The van der Waals surface area contributed by atoms with Gasteiger partial charge in [0, 0.05) is 19.3 Å². The van der Waals surface area contributed by atoms with E-state index in [2.05, 4.69) is 29.9 Å². The quantitative estimate of drug-likeness (QED) is 0.0599. The number of aromatic hydroxyl groups is 1. The fourth-order valence-electron chi connectivity index (χ4n) is 6.61. The van der Waals surface area contributed by atoms with Crippen LogP contribution in [-0.2, 0) is 33.6 Å². The summed E-state index contributed by atoms with van der Waals surface area (Å²) < 4.78 is 54.1. The highest BCUT2D eigenvalue weighted by molar-refractivity contribution is 8.54. The molecular weight excluding hydrogens is 799 g/mol. The normalized spacial score (nSPS) is 24.4. The summed E-state index contributed by atoms with van der Waals surface area (Å²) in [6.45, 7) is -5.16. The molecule has 6 heterocycles. The lowest BCUT2D eigenvalue weighted by Gasteiger charge is -2.28. The summed E-state index contributed by atoms with van der Waals surface area (Å²) in [5.74, 6) is 0.0800. The summed E-state index contributed by atoms with van der Waals surface area (Å²) in [5.41, 5.74) is 14.3. The third kappa shape index (κ3) is 7.93. The minimum Gasteiger partial charge on any atom is -0.508 e. The van der Waals surface area contributed by atoms with E-state index >= 15 is 0 Å². The van der Waals surface area contributed by atoms with Gasteiger partial charge in [0.05, 0.1) is 37.5 Å². The first-order valence-electron chi connectivity index (χ1n) is 17.7. The summed E-state index contributed by atoms with van der Waals surface area (Å²) in [7, 11) is 1.41. The van der Waals surface area contributed by atoms with Gasteiger partial charge in [0.15, 0.2) is 29.2 Å². The number of rotatable bonds is 14. The molecule has 58 heavy (non-hydrogen) atoms. The highest BCUT2D eigenvalue weighted by Gasteiger charge is 2.51. The second-order valence-electron chi connectivity index (χ2n) is 13.2. The van der Waals surface area contributed by atoms with E-state index in [0.29, 0.717) is 27.9 Å². The Morgan fingerprint density at radius 2 is 1.55 bits per heavy atom.